The molecule has 0 aromatic rings. The van der Waals surface area contributed by atoms with Crippen molar-refractivity contribution in [2.45, 2.75) is 69.8 Å². The van der Waals surface area contributed by atoms with E-state index in [4.69, 9.17) is 9.47 Å². The Bertz CT molecular complexity index is 504. The lowest BCUT2D eigenvalue weighted by atomic mass is 9.78. The van der Waals surface area contributed by atoms with Gasteiger partial charge >= 0.3 is 0 Å². The lowest BCUT2D eigenvalue weighted by Crippen LogP contribution is -2.63. The van der Waals surface area contributed by atoms with Gasteiger partial charge in [0, 0.05) is 45.2 Å². The highest BCUT2D eigenvalue weighted by Crippen LogP contribution is 2.32. The fourth-order valence-electron chi connectivity index (χ4n) is 5.71. The third-order valence-corrected chi connectivity index (χ3v) is 7.69. The highest BCUT2D eigenvalue weighted by atomic mass is 16.5. The highest BCUT2D eigenvalue weighted by Gasteiger charge is 2.33. The summed E-state index contributed by atoms with van der Waals surface area (Å²) in [6.07, 6.45) is 9.90. The summed E-state index contributed by atoms with van der Waals surface area (Å²) in [5.74, 6) is 2.12. The van der Waals surface area contributed by atoms with Gasteiger partial charge in [0.25, 0.3) is 0 Å². The Hall–Kier alpha value is -0.730. The quantitative estimate of drug-likeness (QED) is 0.637. The molecule has 0 atom stereocenters. The summed E-state index contributed by atoms with van der Waals surface area (Å²) >= 11 is 0. The van der Waals surface area contributed by atoms with Crippen LogP contribution in [0.15, 0.2) is 0 Å². The number of amides is 1. The predicted molar refractivity (Wildman–Crippen MR) is 112 cm³/mol. The van der Waals surface area contributed by atoms with Gasteiger partial charge in [0.2, 0.25) is 5.91 Å². The van der Waals surface area contributed by atoms with Crippen LogP contribution in [0.3, 0.4) is 0 Å². The minimum atomic E-state index is 0.207. The maximum Gasteiger partial charge on any atom is 0.225 e. The van der Waals surface area contributed by atoms with Gasteiger partial charge in [-0.15, -0.1) is 0 Å². The Morgan fingerprint density at radius 2 is 1.59 bits per heavy atom. The van der Waals surface area contributed by atoms with E-state index in [0.29, 0.717) is 31.3 Å². The van der Waals surface area contributed by atoms with Crippen LogP contribution < -0.4 is 16.0 Å². The van der Waals surface area contributed by atoms with Crippen molar-refractivity contribution in [2.24, 2.45) is 17.8 Å². The van der Waals surface area contributed by atoms with E-state index in [1.165, 1.54) is 25.7 Å². The summed E-state index contributed by atoms with van der Waals surface area (Å²) in [6.45, 7) is 5.10. The van der Waals surface area contributed by atoms with E-state index in [0.717, 1.165) is 63.7 Å². The van der Waals surface area contributed by atoms with Crippen LogP contribution in [0.5, 0.6) is 0 Å². The molecule has 0 aromatic carbocycles. The number of methoxy groups -OCH3 is 1. The zero-order valence-electron chi connectivity index (χ0n) is 18.0. The molecule has 0 unspecified atom stereocenters. The Morgan fingerprint density at radius 3 is 2.21 bits per heavy atom. The summed E-state index contributed by atoms with van der Waals surface area (Å²) in [5, 5.41) is 11.1. The fourth-order valence-corrected chi connectivity index (χ4v) is 5.71. The van der Waals surface area contributed by atoms with Crippen LogP contribution in [0.1, 0.15) is 51.4 Å². The van der Waals surface area contributed by atoms with Crippen LogP contribution in [0.4, 0.5) is 0 Å². The van der Waals surface area contributed by atoms with Gasteiger partial charge in [0.15, 0.2) is 0 Å². The number of nitrogens with one attached hydrogen (secondary N) is 3. The smallest absolute Gasteiger partial charge is 0.225 e. The van der Waals surface area contributed by atoms with Crippen LogP contribution in [0.2, 0.25) is 0 Å². The van der Waals surface area contributed by atoms with Gasteiger partial charge in [-0.25, -0.2) is 0 Å². The van der Waals surface area contributed by atoms with Gasteiger partial charge in [-0.3, -0.25) is 20.7 Å². The first-order valence-electron chi connectivity index (χ1n) is 11.8. The lowest BCUT2D eigenvalue weighted by Gasteiger charge is -2.40. The molecule has 0 spiro atoms. The van der Waals surface area contributed by atoms with E-state index in [2.05, 4.69) is 16.0 Å². The van der Waals surface area contributed by atoms with Gasteiger partial charge in [0.1, 0.15) is 6.29 Å². The summed E-state index contributed by atoms with van der Waals surface area (Å²) in [6, 6.07) is 0.502. The molecule has 4 aliphatic rings. The van der Waals surface area contributed by atoms with Crippen molar-refractivity contribution < 1.29 is 14.3 Å². The molecule has 3 N–H and O–H groups in total. The number of nitrogens with zero attached hydrogens (tertiary/aromatic N) is 1. The Kier molecular flexibility index (Phi) is 7.81. The first kappa shape index (κ1) is 21.5. The van der Waals surface area contributed by atoms with Crippen molar-refractivity contribution >= 4 is 5.91 Å². The summed E-state index contributed by atoms with van der Waals surface area (Å²) in [4.78, 5) is 14.7. The zero-order valence-corrected chi connectivity index (χ0v) is 18.0. The van der Waals surface area contributed by atoms with Gasteiger partial charge in [0.05, 0.1) is 19.3 Å². The van der Waals surface area contributed by atoms with Gasteiger partial charge in [-0.1, -0.05) is 0 Å². The third-order valence-electron chi connectivity index (χ3n) is 7.69. The molecule has 1 amide bonds. The molecule has 0 bridgehead atoms. The zero-order chi connectivity index (χ0) is 20.1. The molecule has 2 aliphatic carbocycles. The van der Waals surface area contributed by atoms with E-state index in [1.54, 1.807) is 0 Å². The van der Waals surface area contributed by atoms with Crippen molar-refractivity contribution in [2.75, 3.05) is 46.5 Å². The molecular weight excluding hydrogens is 368 g/mol. The number of carbonyl (C=O) groups excluding carboxylic acids is 1. The molecule has 0 radical (unpaired) electrons. The Morgan fingerprint density at radius 1 is 0.931 bits per heavy atom. The van der Waals surface area contributed by atoms with E-state index in [9.17, 15) is 4.79 Å². The molecule has 29 heavy (non-hydrogen) atoms. The molecule has 7 heteroatoms. The number of rotatable bonds is 5. The first-order valence-corrected chi connectivity index (χ1v) is 11.8. The van der Waals surface area contributed by atoms with E-state index < -0.39 is 0 Å². The number of morpholine rings is 1. The van der Waals surface area contributed by atoms with Crippen molar-refractivity contribution in [1.82, 2.24) is 20.9 Å². The predicted octanol–water partition coefficient (Wildman–Crippen LogP) is 1.29. The molecule has 166 valence electrons. The van der Waals surface area contributed by atoms with Crippen molar-refractivity contribution in [3.8, 4) is 0 Å². The molecule has 2 saturated heterocycles. The van der Waals surface area contributed by atoms with Crippen LogP contribution in [-0.2, 0) is 14.3 Å². The second-order valence-corrected chi connectivity index (χ2v) is 9.43. The summed E-state index contributed by atoms with van der Waals surface area (Å²) in [5.41, 5.74) is 0. The Balaban J connectivity index is 1.13. The van der Waals surface area contributed by atoms with Crippen LogP contribution in [0.25, 0.3) is 0 Å². The standard InChI is InChI=1S/C22H40N4O3/c1-28-20-8-4-16(5-9-20)18-14-23-22(24-15-18)25-19-6-2-17(3-7-19)21(27)26-10-12-29-13-11-26/h16-20,22-25H,2-15H2,1H3. The summed E-state index contributed by atoms with van der Waals surface area (Å²) in [7, 11) is 1.84. The normalized spacial score (nSPS) is 39.3. The average molecular weight is 409 g/mol. The highest BCUT2D eigenvalue weighted by molar-refractivity contribution is 5.79. The lowest BCUT2D eigenvalue weighted by molar-refractivity contribution is -0.140. The van der Waals surface area contributed by atoms with Crippen molar-refractivity contribution in [1.29, 1.82) is 0 Å². The average Bonchev–Trinajstić information content (AvgIpc) is 2.80. The molecule has 4 fully saturated rings. The maximum absolute atomic E-state index is 12.7. The number of ether oxygens (including phenoxy) is 2. The molecule has 0 aromatic heterocycles. The molecule has 7 nitrogen and oxygen atoms in total. The first-order chi connectivity index (χ1) is 14.2. The molecule has 4 rings (SSSR count). The SMILES string of the molecule is COC1CCC(C2CNC(NC3CCC(C(=O)N4CCOCC4)CC3)NC2)CC1. The fraction of sp³-hybridized carbons (Fsp3) is 0.955. The largest absolute Gasteiger partial charge is 0.381 e. The second kappa shape index (κ2) is 10.5. The third kappa shape index (κ3) is 5.70. The number of hydrogen-bond acceptors (Lipinski definition) is 6. The van der Waals surface area contributed by atoms with Gasteiger partial charge in [-0.2, -0.15) is 0 Å². The molecular formula is C22H40N4O3. The minimum absolute atomic E-state index is 0.207. The van der Waals surface area contributed by atoms with Crippen LogP contribution in [-0.4, -0.2) is 75.7 Å². The summed E-state index contributed by atoms with van der Waals surface area (Å²) < 4.78 is 10.9. The maximum atomic E-state index is 12.7. The van der Waals surface area contributed by atoms with Crippen molar-refractivity contribution in [3.63, 3.8) is 0 Å². The monoisotopic (exact) mass is 408 g/mol. The topological polar surface area (TPSA) is 74.9 Å². The van der Waals surface area contributed by atoms with E-state index >= 15 is 0 Å². The molecule has 2 aliphatic heterocycles. The molecule has 2 heterocycles. The van der Waals surface area contributed by atoms with E-state index in [-0.39, 0.29) is 12.2 Å². The Labute approximate surface area is 175 Å². The number of carbonyl (C=O) groups is 1. The minimum Gasteiger partial charge on any atom is -0.381 e. The van der Waals surface area contributed by atoms with Gasteiger partial charge in [-0.05, 0) is 63.2 Å². The van der Waals surface area contributed by atoms with E-state index in [1.807, 2.05) is 12.0 Å². The number of hydrogen-bond donors (Lipinski definition) is 3. The van der Waals surface area contributed by atoms with Crippen molar-refractivity contribution in [3.05, 3.63) is 0 Å². The van der Waals surface area contributed by atoms with Crippen LogP contribution >= 0.6 is 0 Å². The molecule has 2 saturated carbocycles. The van der Waals surface area contributed by atoms with Crippen LogP contribution in [0, 0.1) is 17.8 Å². The second-order valence-electron chi connectivity index (χ2n) is 9.43. The van der Waals surface area contributed by atoms with Gasteiger partial charge < -0.3 is 14.4 Å².